The molecular formula is C23H25F2NO4. The van der Waals surface area contributed by atoms with Crippen molar-refractivity contribution >= 4 is 11.5 Å². The summed E-state index contributed by atoms with van der Waals surface area (Å²) in [5.74, 6) is -0.116. The molecule has 0 unspecified atom stereocenters. The quantitative estimate of drug-likeness (QED) is 0.499. The Morgan fingerprint density at radius 3 is 2.63 bits per heavy atom. The number of hydrogen-bond acceptors (Lipinski definition) is 4. The lowest BCUT2D eigenvalue weighted by Crippen LogP contribution is -2.27. The number of halogens is 2. The average molecular weight is 417 g/mol. The third-order valence-electron chi connectivity index (χ3n) is 5.14. The number of alkyl halides is 2. The number of ether oxygens (including phenoxy) is 2. The Hall–Kier alpha value is -3.09. The van der Waals surface area contributed by atoms with Crippen LogP contribution in [0.5, 0.6) is 11.5 Å². The molecule has 2 aromatic rings. The molecule has 0 aromatic heterocycles. The Kier molecular flexibility index (Phi) is 7.27. The highest BCUT2D eigenvalue weighted by atomic mass is 19.3. The van der Waals surface area contributed by atoms with E-state index in [2.05, 4.69) is 10.1 Å². The van der Waals surface area contributed by atoms with Gasteiger partial charge in [-0.1, -0.05) is 24.3 Å². The molecule has 0 radical (unpaired) electrons. The van der Waals surface area contributed by atoms with Gasteiger partial charge in [0.05, 0.1) is 12.7 Å². The summed E-state index contributed by atoms with van der Waals surface area (Å²) in [6.45, 7) is -2.74. The van der Waals surface area contributed by atoms with Crippen LogP contribution in [0.1, 0.15) is 35.1 Å². The van der Waals surface area contributed by atoms with Gasteiger partial charge in [0.2, 0.25) is 0 Å². The molecule has 0 saturated carbocycles. The van der Waals surface area contributed by atoms with Gasteiger partial charge in [0.15, 0.2) is 11.5 Å². The van der Waals surface area contributed by atoms with Crippen LogP contribution in [-0.4, -0.2) is 31.3 Å². The van der Waals surface area contributed by atoms with Crippen LogP contribution in [0.25, 0.3) is 5.57 Å². The lowest BCUT2D eigenvalue weighted by Gasteiger charge is -2.17. The second-order valence-corrected chi connectivity index (χ2v) is 7.13. The predicted molar refractivity (Wildman–Crippen MR) is 110 cm³/mol. The second kappa shape index (κ2) is 10.1. The van der Waals surface area contributed by atoms with Gasteiger partial charge in [0.1, 0.15) is 6.26 Å². The topological polar surface area (TPSA) is 67.8 Å². The highest BCUT2D eigenvalue weighted by molar-refractivity contribution is 6.19. The van der Waals surface area contributed by atoms with Crippen molar-refractivity contribution < 1.29 is 28.2 Å². The Morgan fingerprint density at radius 1 is 1.17 bits per heavy atom. The molecule has 3 rings (SSSR count). The van der Waals surface area contributed by atoms with Crippen molar-refractivity contribution in [2.24, 2.45) is 0 Å². The van der Waals surface area contributed by atoms with E-state index >= 15 is 0 Å². The van der Waals surface area contributed by atoms with Crippen LogP contribution in [0, 0.1) is 0 Å². The number of rotatable bonds is 8. The molecule has 0 aliphatic heterocycles. The minimum absolute atomic E-state index is 0.0151. The molecule has 0 spiro atoms. The van der Waals surface area contributed by atoms with Gasteiger partial charge in [-0.2, -0.15) is 8.78 Å². The molecular weight excluding hydrogens is 392 g/mol. The molecule has 160 valence electrons. The number of carbonyl (C=O) groups excluding carboxylic acids is 1. The second-order valence-electron chi connectivity index (χ2n) is 7.13. The standard InChI is InChI=1S/C23H25F2NO4/c1-29-21-9-6-15(12-20(21)27)10-11-26-22(28)19(14-30-23(24)25)18-8-7-16-4-2-3-5-17(16)13-18/h6-9,12-14,23,27H,2-5,10-11H2,1H3,(H,26,28)/b19-14+. The normalized spacial score (nSPS) is 13.7. The number of phenols is 1. The lowest BCUT2D eigenvalue weighted by atomic mass is 9.89. The van der Waals surface area contributed by atoms with Gasteiger partial charge in [-0.25, -0.2) is 0 Å². The number of aromatic hydroxyl groups is 1. The molecule has 1 amide bonds. The summed E-state index contributed by atoms with van der Waals surface area (Å²) < 4.78 is 34.5. The van der Waals surface area contributed by atoms with Gasteiger partial charge in [-0.15, -0.1) is 0 Å². The van der Waals surface area contributed by atoms with E-state index in [1.807, 2.05) is 12.1 Å². The first-order valence-corrected chi connectivity index (χ1v) is 9.88. The molecule has 2 N–H and O–H groups in total. The zero-order valence-electron chi connectivity index (χ0n) is 16.8. The van der Waals surface area contributed by atoms with E-state index in [9.17, 15) is 18.7 Å². The van der Waals surface area contributed by atoms with Crippen LogP contribution in [0.4, 0.5) is 8.78 Å². The molecule has 0 saturated heterocycles. The van der Waals surface area contributed by atoms with Gasteiger partial charge in [-0.05, 0) is 66.5 Å². The Bertz CT molecular complexity index is 927. The third-order valence-corrected chi connectivity index (χ3v) is 5.14. The van der Waals surface area contributed by atoms with Crippen molar-refractivity contribution in [1.29, 1.82) is 0 Å². The number of hydrogen-bond donors (Lipinski definition) is 2. The predicted octanol–water partition coefficient (Wildman–Crippen LogP) is 4.22. The third kappa shape index (κ3) is 5.49. The monoisotopic (exact) mass is 417 g/mol. The van der Waals surface area contributed by atoms with Gasteiger partial charge in [0, 0.05) is 6.54 Å². The largest absolute Gasteiger partial charge is 0.504 e. The molecule has 1 aliphatic carbocycles. The number of nitrogens with one attached hydrogen (secondary N) is 1. The van der Waals surface area contributed by atoms with Crippen molar-refractivity contribution in [3.8, 4) is 11.5 Å². The van der Waals surface area contributed by atoms with Crippen molar-refractivity contribution in [2.45, 2.75) is 38.7 Å². The molecule has 0 atom stereocenters. The van der Waals surface area contributed by atoms with Crippen molar-refractivity contribution in [3.05, 3.63) is 64.9 Å². The van der Waals surface area contributed by atoms with E-state index in [0.717, 1.165) is 43.1 Å². The van der Waals surface area contributed by atoms with Crippen LogP contribution < -0.4 is 10.1 Å². The van der Waals surface area contributed by atoms with Crippen molar-refractivity contribution in [2.75, 3.05) is 13.7 Å². The first kappa shape index (κ1) is 21.6. The van der Waals surface area contributed by atoms with Crippen molar-refractivity contribution in [3.63, 3.8) is 0 Å². The number of carbonyl (C=O) groups is 1. The number of benzene rings is 2. The molecule has 7 heteroatoms. The smallest absolute Gasteiger partial charge is 0.386 e. The fraction of sp³-hybridized carbons (Fsp3) is 0.348. The first-order chi connectivity index (χ1) is 14.5. The van der Waals surface area contributed by atoms with Gasteiger partial charge in [-0.3, -0.25) is 4.79 Å². The number of phenolic OH excluding ortho intramolecular Hbond substituents is 1. The SMILES string of the molecule is COc1ccc(CCNC(=O)/C(=C/OC(F)F)c2ccc3c(c2)CCCC3)cc1O. The van der Waals surface area contributed by atoms with Crippen LogP contribution in [0.2, 0.25) is 0 Å². The maximum Gasteiger partial charge on any atom is 0.386 e. The first-order valence-electron chi connectivity index (χ1n) is 9.88. The van der Waals surface area contributed by atoms with E-state index in [0.29, 0.717) is 17.7 Å². The van der Waals surface area contributed by atoms with E-state index in [4.69, 9.17) is 4.74 Å². The zero-order valence-corrected chi connectivity index (χ0v) is 16.8. The summed E-state index contributed by atoms with van der Waals surface area (Å²) in [5.41, 5.74) is 3.79. The number of fused-ring (bicyclic) bond motifs is 1. The van der Waals surface area contributed by atoms with Crippen LogP contribution in [-0.2, 0) is 28.8 Å². The van der Waals surface area contributed by atoms with Crippen molar-refractivity contribution in [1.82, 2.24) is 5.32 Å². The van der Waals surface area contributed by atoms with Crippen LogP contribution in [0.15, 0.2) is 42.7 Å². The summed E-state index contributed by atoms with van der Waals surface area (Å²) in [6, 6.07) is 10.6. The van der Waals surface area contributed by atoms with E-state index < -0.39 is 12.5 Å². The summed E-state index contributed by atoms with van der Waals surface area (Å²) in [7, 11) is 1.46. The molecule has 30 heavy (non-hydrogen) atoms. The molecule has 0 fully saturated rings. The Morgan fingerprint density at radius 2 is 1.93 bits per heavy atom. The van der Waals surface area contributed by atoms with E-state index in [-0.39, 0.29) is 17.9 Å². The molecule has 1 aliphatic rings. The van der Waals surface area contributed by atoms with Gasteiger partial charge < -0.3 is 19.9 Å². The number of amides is 1. The minimum atomic E-state index is -3.01. The maximum absolute atomic E-state index is 12.7. The summed E-state index contributed by atoms with van der Waals surface area (Å²) >= 11 is 0. The molecule has 2 aromatic carbocycles. The van der Waals surface area contributed by atoms with Gasteiger partial charge >= 0.3 is 6.61 Å². The fourth-order valence-corrected chi connectivity index (χ4v) is 3.58. The summed E-state index contributed by atoms with van der Waals surface area (Å²) in [4.78, 5) is 12.7. The van der Waals surface area contributed by atoms with E-state index in [1.54, 1.807) is 24.3 Å². The fourth-order valence-electron chi connectivity index (χ4n) is 3.58. The number of methoxy groups -OCH3 is 1. The Labute approximate surface area is 174 Å². The Balaban J connectivity index is 1.70. The maximum atomic E-state index is 12.7. The average Bonchev–Trinajstić information content (AvgIpc) is 2.73. The molecule has 0 bridgehead atoms. The highest BCUT2D eigenvalue weighted by Crippen LogP contribution is 2.27. The van der Waals surface area contributed by atoms with Crippen LogP contribution in [0.3, 0.4) is 0 Å². The minimum Gasteiger partial charge on any atom is -0.504 e. The lowest BCUT2D eigenvalue weighted by molar-refractivity contribution is -0.116. The molecule has 5 nitrogen and oxygen atoms in total. The van der Waals surface area contributed by atoms with E-state index in [1.165, 1.54) is 12.7 Å². The highest BCUT2D eigenvalue weighted by Gasteiger charge is 2.17. The number of aryl methyl sites for hydroxylation is 2. The summed E-state index contributed by atoms with van der Waals surface area (Å²) in [5, 5.41) is 12.6. The molecule has 0 heterocycles. The summed E-state index contributed by atoms with van der Waals surface area (Å²) in [6.07, 6.45) is 5.38. The zero-order chi connectivity index (χ0) is 21.5. The van der Waals surface area contributed by atoms with Crippen LogP contribution >= 0.6 is 0 Å². The van der Waals surface area contributed by atoms with Gasteiger partial charge in [0.25, 0.3) is 5.91 Å².